The summed E-state index contributed by atoms with van der Waals surface area (Å²) in [4.78, 5) is 23.7. The van der Waals surface area contributed by atoms with E-state index in [0.29, 0.717) is 24.1 Å². The minimum absolute atomic E-state index is 0.125. The number of anilines is 1. The highest BCUT2D eigenvalue weighted by Crippen LogP contribution is 2.13. The van der Waals surface area contributed by atoms with Crippen LogP contribution in [0.4, 0.5) is 5.69 Å². The molecule has 0 atom stereocenters. The maximum atomic E-state index is 12.2. The van der Waals surface area contributed by atoms with Gasteiger partial charge in [-0.3, -0.25) is 4.79 Å². The van der Waals surface area contributed by atoms with Crippen LogP contribution in [0.25, 0.3) is 5.69 Å². The third-order valence-electron chi connectivity index (χ3n) is 3.86. The summed E-state index contributed by atoms with van der Waals surface area (Å²) in [6.45, 7) is 0. The minimum Gasteiger partial charge on any atom is -0.465 e. The third-order valence-corrected chi connectivity index (χ3v) is 3.86. The van der Waals surface area contributed by atoms with E-state index < -0.39 is 5.97 Å². The van der Waals surface area contributed by atoms with Crippen molar-refractivity contribution in [2.45, 2.75) is 12.8 Å². The second-order valence-corrected chi connectivity index (χ2v) is 5.75. The molecule has 0 saturated carbocycles. The summed E-state index contributed by atoms with van der Waals surface area (Å²) in [5.41, 5.74) is 2.92. The first-order valence-electron chi connectivity index (χ1n) is 8.23. The maximum Gasteiger partial charge on any atom is 0.337 e. The van der Waals surface area contributed by atoms with Gasteiger partial charge in [-0.05, 0) is 42.3 Å². The number of para-hydroxylation sites is 1. The molecule has 6 heteroatoms. The molecule has 0 bridgehead atoms. The van der Waals surface area contributed by atoms with Gasteiger partial charge in [0.1, 0.15) is 0 Å². The standard InChI is InChI=1S/C20H19N3O3/c1-26-20(25)16-6-5-7-17(12-16)22-19(24)11-10-15-13-21-23(14-15)18-8-3-2-4-9-18/h2-9,12-14H,10-11H2,1H3,(H,22,24). The predicted octanol–water partition coefficient (Wildman–Crippen LogP) is 3.23. The Bertz CT molecular complexity index is 903. The second-order valence-electron chi connectivity index (χ2n) is 5.75. The molecule has 0 saturated heterocycles. The quantitative estimate of drug-likeness (QED) is 0.694. The van der Waals surface area contributed by atoms with Crippen molar-refractivity contribution in [2.24, 2.45) is 0 Å². The summed E-state index contributed by atoms with van der Waals surface area (Å²) < 4.78 is 6.46. The van der Waals surface area contributed by atoms with E-state index in [4.69, 9.17) is 0 Å². The first kappa shape index (κ1) is 17.4. The normalized spacial score (nSPS) is 10.3. The Morgan fingerprint density at radius 2 is 1.92 bits per heavy atom. The van der Waals surface area contributed by atoms with Crippen LogP contribution in [0.2, 0.25) is 0 Å². The molecule has 3 rings (SSSR count). The first-order chi connectivity index (χ1) is 12.7. The van der Waals surface area contributed by atoms with Gasteiger partial charge in [0.2, 0.25) is 5.91 Å². The van der Waals surface area contributed by atoms with Crippen LogP contribution in [0.1, 0.15) is 22.3 Å². The molecule has 0 aliphatic heterocycles. The number of aromatic nitrogens is 2. The SMILES string of the molecule is COC(=O)c1cccc(NC(=O)CCc2cnn(-c3ccccc3)c2)c1. The average molecular weight is 349 g/mol. The van der Waals surface area contributed by atoms with E-state index in [1.165, 1.54) is 7.11 Å². The van der Waals surface area contributed by atoms with Crippen molar-refractivity contribution in [3.05, 3.63) is 78.1 Å². The summed E-state index contributed by atoms with van der Waals surface area (Å²) >= 11 is 0. The van der Waals surface area contributed by atoms with Crippen LogP contribution in [0.5, 0.6) is 0 Å². The van der Waals surface area contributed by atoms with Gasteiger partial charge >= 0.3 is 5.97 Å². The fourth-order valence-electron chi connectivity index (χ4n) is 2.53. The van der Waals surface area contributed by atoms with Crippen LogP contribution in [-0.4, -0.2) is 28.8 Å². The average Bonchev–Trinajstić information content (AvgIpc) is 3.16. The molecule has 1 amide bonds. The number of carbonyl (C=O) groups excluding carboxylic acids is 2. The molecular weight excluding hydrogens is 330 g/mol. The molecule has 0 aliphatic rings. The van der Waals surface area contributed by atoms with E-state index in [1.807, 2.05) is 36.5 Å². The van der Waals surface area contributed by atoms with Crippen LogP contribution >= 0.6 is 0 Å². The highest BCUT2D eigenvalue weighted by molar-refractivity contribution is 5.94. The molecule has 132 valence electrons. The number of hydrogen-bond acceptors (Lipinski definition) is 4. The van der Waals surface area contributed by atoms with E-state index in [-0.39, 0.29) is 5.91 Å². The molecular formula is C20H19N3O3. The molecule has 26 heavy (non-hydrogen) atoms. The van der Waals surface area contributed by atoms with E-state index in [1.54, 1.807) is 35.1 Å². The Morgan fingerprint density at radius 3 is 2.69 bits per heavy atom. The number of rotatable bonds is 6. The molecule has 0 aliphatic carbocycles. The molecule has 1 heterocycles. The van der Waals surface area contributed by atoms with Gasteiger partial charge in [0.05, 0.1) is 24.6 Å². The van der Waals surface area contributed by atoms with Gasteiger partial charge < -0.3 is 10.1 Å². The lowest BCUT2D eigenvalue weighted by atomic mass is 10.1. The molecule has 6 nitrogen and oxygen atoms in total. The third kappa shape index (κ3) is 4.36. The molecule has 3 aromatic rings. The van der Waals surface area contributed by atoms with E-state index in [2.05, 4.69) is 15.2 Å². The number of aryl methyl sites for hydroxylation is 1. The lowest BCUT2D eigenvalue weighted by molar-refractivity contribution is -0.116. The molecule has 0 spiro atoms. The van der Waals surface area contributed by atoms with Crippen molar-refractivity contribution in [1.29, 1.82) is 0 Å². The van der Waals surface area contributed by atoms with Gasteiger partial charge in [-0.2, -0.15) is 5.10 Å². The fourth-order valence-corrected chi connectivity index (χ4v) is 2.53. The van der Waals surface area contributed by atoms with Crippen LogP contribution in [0, 0.1) is 0 Å². The maximum absolute atomic E-state index is 12.2. The smallest absolute Gasteiger partial charge is 0.337 e. The van der Waals surface area contributed by atoms with Gasteiger partial charge in [-0.15, -0.1) is 0 Å². The number of amides is 1. The Labute approximate surface area is 151 Å². The number of carbonyl (C=O) groups is 2. The van der Waals surface area contributed by atoms with Crippen molar-refractivity contribution in [3.8, 4) is 5.69 Å². The Hall–Kier alpha value is -3.41. The summed E-state index contributed by atoms with van der Waals surface area (Å²) in [5, 5.41) is 7.12. The number of ether oxygens (including phenoxy) is 1. The van der Waals surface area contributed by atoms with Gasteiger partial charge in [-0.1, -0.05) is 24.3 Å². The summed E-state index contributed by atoms with van der Waals surface area (Å²) in [7, 11) is 1.32. The number of nitrogens with one attached hydrogen (secondary N) is 1. The van der Waals surface area contributed by atoms with Crippen molar-refractivity contribution >= 4 is 17.6 Å². The lowest BCUT2D eigenvalue weighted by Crippen LogP contribution is -2.13. The highest BCUT2D eigenvalue weighted by atomic mass is 16.5. The van der Waals surface area contributed by atoms with Crippen LogP contribution in [0.15, 0.2) is 67.0 Å². The molecule has 0 radical (unpaired) electrons. The molecule has 1 aromatic heterocycles. The molecule has 1 N–H and O–H groups in total. The van der Waals surface area contributed by atoms with Crippen LogP contribution < -0.4 is 5.32 Å². The summed E-state index contributed by atoms with van der Waals surface area (Å²) in [6.07, 6.45) is 4.58. The predicted molar refractivity (Wildman–Crippen MR) is 98.3 cm³/mol. The highest BCUT2D eigenvalue weighted by Gasteiger charge is 2.09. The Kier molecular flexibility index (Phi) is 5.43. The molecule has 0 fully saturated rings. The van der Waals surface area contributed by atoms with Crippen molar-refractivity contribution in [2.75, 3.05) is 12.4 Å². The van der Waals surface area contributed by atoms with E-state index in [0.717, 1.165) is 11.3 Å². The fraction of sp³-hybridized carbons (Fsp3) is 0.150. The van der Waals surface area contributed by atoms with Crippen LogP contribution in [-0.2, 0) is 16.0 Å². The van der Waals surface area contributed by atoms with Crippen molar-refractivity contribution in [3.63, 3.8) is 0 Å². The number of esters is 1. The lowest BCUT2D eigenvalue weighted by Gasteiger charge is -2.06. The first-order valence-corrected chi connectivity index (χ1v) is 8.23. The number of benzene rings is 2. The minimum atomic E-state index is -0.436. The summed E-state index contributed by atoms with van der Waals surface area (Å²) in [5.74, 6) is -0.561. The van der Waals surface area contributed by atoms with E-state index in [9.17, 15) is 9.59 Å². The number of hydrogen-bond donors (Lipinski definition) is 1. The van der Waals surface area contributed by atoms with Crippen molar-refractivity contribution in [1.82, 2.24) is 9.78 Å². The van der Waals surface area contributed by atoms with Gasteiger partial charge in [0.25, 0.3) is 0 Å². The number of methoxy groups -OCH3 is 1. The zero-order valence-electron chi connectivity index (χ0n) is 14.4. The second kappa shape index (κ2) is 8.11. The monoisotopic (exact) mass is 349 g/mol. The Morgan fingerprint density at radius 1 is 1.12 bits per heavy atom. The summed E-state index contributed by atoms with van der Waals surface area (Å²) in [6, 6.07) is 16.5. The molecule has 2 aromatic carbocycles. The zero-order valence-corrected chi connectivity index (χ0v) is 14.4. The van der Waals surface area contributed by atoms with Crippen LogP contribution in [0.3, 0.4) is 0 Å². The van der Waals surface area contributed by atoms with E-state index >= 15 is 0 Å². The molecule has 0 unspecified atom stereocenters. The van der Waals surface area contributed by atoms with Crippen molar-refractivity contribution < 1.29 is 14.3 Å². The Balaban J connectivity index is 1.56. The largest absolute Gasteiger partial charge is 0.465 e. The number of nitrogens with zero attached hydrogens (tertiary/aromatic N) is 2. The van der Waals surface area contributed by atoms with Gasteiger partial charge in [0, 0.05) is 18.3 Å². The zero-order chi connectivity index (χ0) is 18.4. The topological polar surface area (TPSA) is 73.2 Å². The van der Waals surface area contributed by atoms with Gasteiger partial charge in [-0.25, -0.2) is 9.48 Å². The van der Waals surface area contributed by atoms with Gasteiger partial charge in [0.15, 0.2) is 0 Å².